The second-order valence-corrected chi connectivity index (χ2v) is 4.27. The molecule has 0 N–H and O–H groups in total. The molecule has 6 heteroatoms. The number of nitro groups is 1. The number of rotatable bonds is 5. The molecule has 1 atom stereocenters. The summed E-state index contributed by atoms with van der Waals surface area (Å²) in [4.78, 5) is 21.7. The molecule has 0 aliphatic heterocycles. The second kappa shape index (κ2) is 6.35. The fourth-order valence-corrected chi connectivity index (χ4v) is 1.83. The summed E-state index contributed by atoms with van der Waals surface area (Å²) in [6.45, 7) is 3.60. The Morgan fingerprint density at radius 3 is 2.78 bits per heavy atom. The maximum absolute atomic E-state index is 11.4. The van der Waals surface area contributed by atoms with E-state index in [0.717, 1.165) is 0 Å². The summed E-state index contributed by atoms with van der Waals surface area (Å²) in [5, 5.41) is 9.95. The summed E-state index contributed by atoms with van der Waals surface area (Å²) in [5.74, 6) is -0.509. The molecule has 0 fully saturated rings. The van der Waals surface area contributed by atoms with E-state index >= 15 is 0 Å². The molecule has 0 saturated heterocycles. The summed E-state index contributed by atoms with van der Waals surface area (Å²) in [6, 6.07) is 4.72. The van der Waals surface area contributed by atoms with Crippen molar-refractivity contribution in [2.75, 3.05) is 6.61 Å². The van der Waals surface area contributed by atoms with E-state index in [-0.39, 0.29) is 18.7 Å². The van der Waals surface area contributed by atoms with Crippen molar-refractivity contribution in [2.24, 2.45) is 0 Å². The van der Waals surface area contributed by atoms with Gasteiger partial charge in [0.25, 0.3) is 5.69 Å². The minimum absolute atomic E-state index is 0.0280. The topological polar surface area (TPSA) is 69.4 Å². The van der Waals surface area contributed by atoms with Crippen LogP contribution in [0, 0.1) is 17.0 Å². The average molecular weight is 272 g/mol. The number of carbonyl (C=O) groups is 1. The van der Waals surface area contributed by atoms with E-state index in [4.69, 9.17) is 16.3 Å². The van der Waals surface area contributed by atoms with E-state index in [0.29, 0.717) is 11.1 Å². The van der Waals surface area contributed by atoms with E-state index in [1.165, 1.54) is 6.07 Å². The second-order valence-electron chi connectivity index (χ2n) is 3.74. The molecule has 0 amide bonds. The normalized spacial score (nSPS) is 11.9. The third-order valence-electron chi connectivity index (χ3n) is 2.56. The van der Waals surface area contributed by atoms with E-state index in [1.54, 1.807) is 26.0 Å². The Morgan fingerprint density at radius 1 is 1.56 bits per heavy atom. The lowest BCUT2D eigenvalue weighted by Crippen LogP contribution is -2.20. The highest BCUT2D eigenvalue weighted by molar-refractivity contribution is 6.30. The predicted octanol–water partition coefficient (Wildman–Crippen LogP) is 2.62. The maximum Gasteiger partial charge on any atom is 0.324 e. The van der Waals surface area contributed by atoms with Crippen molar-refractivity contribution in [3.8, 4) is 0 Å². The van der Waals surface area contributed by atoms with Crippen molar-refractivity contribution in [3.63, 3.8) is 0 Å². The highest BCUT2D eigenvalue weighted by atomic mass is 35.5. The number of hydrogen-bond donors (Lipinski definition) is 0. The Balaban J connectivity index is 2.88. The van der Waals surface area contributed by atoms with Crippen LogP contribution in [0.1, 0.15) is 18.1 Å². The number of alkyl halides is 1. The SMILES string of the molecule is CCOC(=O)C(Cl)Cc1cccc([N+](=O)[O-])c1C. The van der Waals surface area contributed by atoms with E-state index in [9.17, 15) is 14.9 Å². The number of nitro benzene ring substituents is 1. The van der Waals surface area contributed by atoms with Gasteiger partial charge >= 0.3 is 5.97 Å². The minimum Gasteiger partial charge on any atom is -0.465 e. The van der Waals surface area contributed by atoms with Crippen molar-refractivity contribution in [1.82, 2.24) is 0 Å². The molecule has 1 rings (SSSR count). The van der Waals surface area contributed by atoms with Crippen molar-refractivity contribution < 1.29 is 14.5 Å². The van der Waals surface area contributed by atoms with Gasteiger partial charge in [-0.15, -0.1) is 11.6 Å². The first-order valence-electron chi connectivity index (χ1n) is 5.51. The fourth-order valence-electron chi connectivity index (χ4n) is 1.60. The van der Waals surface area contributed by atoms with Crippen LogP contribution in [0.5, 0.6) is 0 Å². The zero-order valence-corrected chi connectivity index (χ0v) is 10.9. The fraction of sp³-hybridized carbons (Fsp3) is 0.417. The molecule has 0 radical (unpaired) electrons. The van der Waals surface area contributed by atoms with Gasteiger partial charge in [-0.05, 0) is 25.8 Å². The third-order valence-corrected chi connectivity index (χ3v) is 2.89. The van der Waals surface area contributed by atoms with Crippen LogP contribution < -0.4 is 0 Å². The Morgan fingerprint density at radius 2 is 2.22 bits per heavy atom. The zero-order chi connectivity index (χ0) is 13.7. The summed E-state index contributed by atoms with van der Waals surface area (Å²) in [6.07, 6.45) is 0.216. The number of esters is 1. The van der Waals surface area contributed by atoms with Gasteiger partial charge in [-0.3, -0.25) is 14.9 Å². The van der Waals surface area contributed by atoms with Crippen LogP contribution in [0.2, 0.25) is 0 Å². The number of benzene rings is 1. The Labute approximate surface area is 110 Å². The quantitative estimate of drug-likeness (QED) is 0.357. The molecule has 1 unspecified atom stereocenters. The van der Waals surface area contributed by atoms with Crippen molar-refractivity contribution in [2.45, 2.75) is 25.6 Å². The lowest BCUT2D eigenvalue weighted by molar-refractivity contribution is -0.385. The summed E-state index contributed by atoms with van der Waals surface area (Å²) >= 11 is 5.90. The molecule has 18 heavy (non-hydrogen) atoms. The van der Waals surface area contributed by atoms with Crippen molar-refractivity contribution in [3.05, 3.63) is 39.4 Å². The van der Waals surface area contributed by atoms with Crippen LogP contribution in [0.25, 0.3) is 0 Å². The molecule has 98 valence electrons. The largest absolute Gasteiger partial charge is 0.465 e. The molecule has 1 aromatic carbocycles. The van der Waals surface area contributed by atoms with Crippen LogP contribution in [-0.2, 0) is 16.0 Å². The van der Waals surface area contributed by atoms with Gasteiger partial charge in [0, 0.05) is 11.6 Å². The smallest absolute Gasteiger partial charge is 0.324 e. The predicted molar refractivity (Wildman–Crippen MR) is 67.8 cm³/mol. The summed E-state index contributed by atoms with van der Waals surface area (Å²) in [7, 11) is 0. The molecule has 0 aromatic heterocycles. The van der Waals surface area contributed by atoms with E-state index < -0.39 is 16.3 Å². The van der Waals surface area contributed by atoms with Crippen LogP contribution >= 0.6 is 11.6 Å². The van der Waals surface area contributed by atoms with Gasteiger partial charge in [0.15, 0.2) is 0 Å². The first-order valence-corrected chi connectivity index (χ1v) is 5.94. The first kappa shape index (κ1) is 14.4. The molecule has 0 bridgehead atoms. The number of nitrogens with zero attached hydrogens (tertiary/aromatic N) is 1. The molecule has 1 aromatic rings. The highest BCUT2D eigenvalue weighted by Gasteiger charge is 2.20. The molecule has 0 saturated carbocycles. The zero-order valence-electron chi connectivity index (χ0n) is 10.2. The Hall–Kier alpha value is -1.62. The van der Waals surface area contributed by atoms with Gasteiger partial charge in [0.2, 0.25) is 0 Å². The number of halogens is 1. The van der Waals surface area contributed by atoms with Gasteiger partial charge in [-0.1, -0.05) is 12.1 Å². The molecular formula is C12H14ClNO4. The van der Waals surface area contributed by atoms with Gasteiger partial charge in [-0.2, -0.15) is 0 Å². The minimum atomic E-state index is -0.828. The van der Waals surface area contributed by atoms with Gasteiger partial charge < -0.3 is 4.74 Å². The average Bonchev–Trinajstić information content (AvgIpc) is 2.31. The Bertz CT molecular complexity index is 461. The Kier molecular flexibility index (Phi) is 5.09. The van der Waals surface area contributed by atoms with Crippen LogP contribution in [0.3, 0.4) is 0 Å². The monoisotopic (exact) mass is 271 g/mol. The lowest BCUT2D eigenvalue weighted by Gasteiger charge is -2.10. The van der Waals surface area contributed by atoms with E-state index in [2.05, 4.69) is 0 Å². The molecule has 0 heterocycles. The summed E-state index contributed by atoms with van der Waals surface area (Å²) in [5.41, 5.74) is 1.23. The molecule has 5 nitrogen and oxygen atoms in total. The van der Waals surface area contributed by atoms with E-state index in [1.807, 2.05) is 0 Å². The number of hydrogen-bond acceptors (Lipinski definition) is 4. The van der Waals surface area contributed by atoms with Crippen LogP contribution in [0.4, 0.5) is 5.69 Å². The summed E-state index contributed by atoms with van der Waals surface area (Å²) < 4.78 is 4.79. The van der Waals surface area contributed by atoms with Gasteiger partial charge in [0.05, 0.1) is 11.5 Å². The van der Waals surface area contributed by atoms with Gasteiger partial charge in [-0.25, -0.2) is 0 Å². The molecule has 0 aliphatic carbocycles. The third kappa shape index (κ3) is 3.43. The number of ether oxygens (including phenoxy) is 1. The van der Waals surface area contributed by atoms with Crippen LogP contribution in [-0.4, -0.2) is 22.9 Å². The molecule has 0 aliphatic rings. The first-order chi connectivity index (χ1) is 8.47. The van der Waals surface area contributed by atoms with Crippen molar-refractivity contribution >= 4 is 23.3 Å². The lowest BCUT2D eigenvalue weighted by atomic mass is 10.0. The number of carbonyl (C=O) groups excluding carboxylic acids is 1. The van der Waals surface area contributed by atoms with Crippen LogP contribution in [0.15, 0.2) is 18.2 Å². The standard InChI is InChI=1S/C12H14ClNO4/c1-3-18-12(15)10(13)7-9-5-4-6-11(8(9)2)14(16)17/h4-6,10H,3,7H2,1-2H3. The maximum atomic E-state index is 11.4. The van der Waals surface area contributed by atoms with Gasteiger partial charge in [0.1, 0.15) is 5.38 Å². The highest BCUT2D eigenvalue weighted by Crippen LogP contribution is 2.23. The molecule has 0 spiro atoms. The van der Waals surface area contributed by atoms with Crippen molar-refractivity contribution in [1.29, 1.82) is 0 Å². The molecular weight excluding hydrogens is 258 g/mol.